The van der Waals surface area contributed by atoms with Crippen LogP contribution in [0.2, 0.25) is 0 Å². The van der Waals surface area contributed by atoms with E-state index in [0.717, 1.165) is 6.92 Å². The van der Waals surface area contributed by atoms with Crippen LogP contribution in [0, 0.1) is 12.7 Å². The van der Waals surface area contributed by atoms with Gasteiger partial charge >= 0.3 is 0 Å². The molecule has 0 saturated carbocycles. The number of pyridine rings is 1. The lowest BCUT2D eigenvalue weighted by Gasteiger charge is -2.08. The zero-order valence-corrected chi connectivity index (χ0v) is 8.91. The van der Waals surface area contributed by atoms with Crippen LogP contribution in [0.5, 0.6) is 0 Å². The van der Waals surface area contributed by atoms with Gasteiger partial charge in [0.15, 0.2) is 10.8 Å². The fourth-order valence-electron chi connectivity index (χ4n) is 1.09. The summed E-state index contributed by atoms with van der Waals surface area (Å²) in [4.78, 5) is 3.16. The molecule has 0 aliphatic rings. The molecule has 84 valence electrons. The molecule has 0 saturated heterocycles. The maximum Gasteiger partial charge on any atom is 0.278 e. The zero-order chi connectivity index (χ0) is 11.8. The molecule has 0 atom stereocenters. The van der Waals surface area contributed by atoms with Gasteiger partial charge in [0.1, 0.15) is 0 Å². The predicted molar refractivity (Wildman–Crippen MR) is 46.9 cm³/mol. The smallest absolute Gasteiger partial charge is 0.240 e. The molecule has 0 aliphatic heterocycles. The van der Waals surface area contributed by atoms with Crippen molar-refractivity contribution in [2.45, 2.75) is 18.4 Å². The SMILES string of the molecule is Cc1c(S(=O)(=O)Cl)ncc(F)c1C(F)F. The van der Waals surface area contributed by atoms with Gasteiger partial charge in [-0.3, -0.25) is 0 Å². The van der Waals surface area contributed by atoms with Crippen LogP contribution in [0.15, 0.2) is 11.2 Å². The average Bonchev–Trinajstić information content (AvgIpc) is 2.00. The van der Waals surface area contributed by atoms with Gasteiger partial charge in [0.25, 0.3) is 15.5 Å². The minimum absolute atomic E-state index is 0.407. The number of rotatable bonds is 2. The van der Waals surface area contributed by atoms with E-state index in [4.69, 9.17) is 10.7 Å². The predicted octanol–water partition coefficient (Wildman–Crippen LogP) is 2.39. The second kappa shape index (κ2) is 3.97. The van der Waals surface area contributed by atoms with Crippen molar-refractivity contribution < 1.29 is 21.6 Å². The van der Waals surface area contributed by atoms with E-state index in [1.807, 2.05) is 0 Å². The Kier molecular flexibility index (Phi) is 3.25. The van der Waals surface area contributed by atoms with E-state index in [1.165, 1.54) is 0 Å². The van der Waals surface area contributed by atoms with E-state index in [9.17, 15) is 21.6 Å². The molecule has 1 aromatic heterocycles. The first-order valence-corrected chi connectivity index (χ1v) is 5.94. The molecule has 1 rings (SSSR count). The Labute approximate surface area is 88.3 Å². The summed E-state index contributed by atoms with van der Waals surface area (Å²) in [5.41, 5.74) is -1.47. The molecule has 3 nitrogen and oxygen atoms in total. The topological polar surface area (TPSA) is 47.0 Å². The van der Waals surface area contributed by atoms with Crippen molar-refractivity contribution in [2.75, 3.05) is 0 Å². The Morgan fingerprint density at radius 3 is 2.40 bits per heavy atom. The van der Waals surface area contributed by atoms with Crippen molar-refractivity contribution in [3.8, 4) is 0 Å². The first-order chi connectivity index (χ1) is 6.75. The first-order valence-electron chi connectivity index (χ1n) is 3.63. The zero-order valence-electron chi connectivity index (χ0n) is 7.34. The number of alkyl halides is 2. The standard InChI is InChI=1S/C7H5ClF3NO2S/c1-3-5(6(10)11)4(9)2-12-7(3)15(8,13)14/h2,6H,1H3. The van der Waals surface area contributed by atoms with Gasteiger partial charge in [-0.05, 0) is 12.5 Å². The van der Waals surface area contributed by atoms with E-state index < -0.39 is 37.4 Å². The number of aromatic nitrogens is 1. The van der Waals surface area contributed by atoms with Gasteiger partial charge in [-0.2, -0.15) is 0 Å². The molecule has 0 spiro atoms. The molecule has 1 aromatic rings. The first kappa shape index (κ1) is 12.3. The Morgan fingerprint density at radius 2 is 2.00 bits per heavy atom. The quantitative estimate of drug-likeness (QED) is 0.766. The molecule has 0 aliphatic carbocycles. The van der Waals surface area contributed by atoms with Gasteiger partial charge in [-0.15, -0.1) is 0 Å². The average molecular weight is 260 g/mol. The highest BCUT2D eigenvalue weighted by Gasteiger charge is 2.24. The van der Waals surface area contributed by atoms with Crippen molar-refractivity contribution in [3.63, 3.8) is 0 Å². The third-order valence-corrected chi connectivity index (χ3v) is 3.04. The molecule has 8 heteroatoms. The van der Waals surface area contributed by atoms with Crippen molar-refractivity contribution in [1.29, 1.82) is 0 Å². The number of hydrogen-bond donors (Lipinski definition) is 0. The normalized spacial score (nSPS) is 12.1. The highest BCUT2D eigenvalue weighted by Crippen LogP contribution is 2.29. The van der Waals surface area contributed by atoms with Gasteiger partial charge in [0.2, 0.25) is 0 Å². The molecule has 15 heavy (non-hydrogen) atoms. The highest BCUT2D eigenvalue weighted by molar-refractivity contribution is 8.13. The lowest BCUT2D eigenvalue weighted by Crippen LogP contribution is -2.05. The van der Waals surface area contributed by atoms with Crippen molar-refractivity contribution in [1.82, 2.24) is 4.98 Å². The van der Waals surface area contributed by atoms with Crippen LogP contribution in [-0.4, -0.2) is 13.4 Å². The van der Waals surface area contributed by atoms with Crippen LogP contribution in [0.3, 0.4) is 0 Å². The van der Waals surface area contributed by atoms with Crippen LogP contribution >= 0.6 is 10.7 Å². The fourth-order valence-corrected chi connectivity index (χ4v) is 2.21. The second-order valence-corrected chi connectivity index (χ2v) is 5.17. The van der Waals surface area contributed by atoms with Crippen LogP contribution in [0.1, 0.15) is 17.6 Å². The van der Waals surface area contributed by atoms with Crippen LogP contribution in [0.4, 0.5) is 13.2 Å². The number of hydrogen-bond acceptors (Lipinski definition) is 3. The van der Waals surface area contributed by atoms with Crippen molar-refractivity contribution >= 4 is 19.7 Å². The van der Waals surface area contributed by atoms with Gasteiger partial charge in [-0.1, -0.05) is 0 Å². The molecule has 0 amide bonds. The van der Waals surface area contributed by atoms with E-state index >= 15 is 0 Å². The number of nitrogens with zero attached hydrogens (tertiary/aromatic N) is 1. The Bertz CT molecular complexity index is 489. The van der Waals surface area contributed by atoms with Gasteiger partial charge in [-0.25, -0.2) is 26.6 Å². The monoisotopic (exact) mass is 259 g/mol. The summed E-state index contributed by atoms with van der Waals surface area (Å²) < 4.78 is 59.3. The molecule has 0 N–H and O–H groups in total. The molecule has 0 unspecified atom stereocenters. The van der Waals surface area contributed by atoms with Crippen LogP contribution < -0.4 is 0 Å². The largest absolute Gasteiger partial charge is 0.278 e. The molecule has 0 fully saturated rings. The summed E-state index contributed by atoms with van der Waals surface area (Å²) in [5, 5.41) is -0.749. The fraction of sp³-hybridized carbons (Fsp3) is 0.286. The Morgan fingerprint density at radius 1 is 1.47 bits per heavy atom. The highest BCUT2D eigenvalue weighted by atomic mass is 35.7. The van der Waals surface area contributed by atoms with Crippen LogP contribution in [0.25, 0.3) is 0 Å². The van der Waals surface area contributed by atoms with Gasteiger partial charge in [0.05, 0.1) is 11.8 Å². The molecule has 0 aromatic carbocycles. The van der Waals surface area contributed by atoms with E-state index in [0.29, 0.717) is 6.20 Å². The molecule has 0 radical (unpaired) electrons. The molecular formula is C7H5ClF3NO2S. The van der Waals surface area contributed by atoms with E-state index in [-0.39, 0.29) is 0 Å². The summed E-state index contributed by atoms with van der Waals surface area (Å²) >= 11 is 0. The Hall–Kier alpha value is -0.820. The van der Waals surface area contributed by atoms with Crippen LogP contribution in [-0.2, 0) is 9.05 Å². The summed E-state index contributed by atoms with van der Waals surface area (Å²) in [6, 6.07) is 0. The molecule has 0 bridgehead atoms. The lowest BCUT2D eigenvalue weighted by atomic mass is 10.1. The Balaban J connectivity index is 3.56. The minimum Gasteiger partial charge on any atom is -0.240 e. The van der Waals surface area contributed by atoms with Gasteiger partial charge < -0.3 is 0 Å². The third kappa shape index (κ3) is 2.40. The summed E-state index contributed by atoms with van der Waals surface area (Å²) in [5.74, 6) is -1.26. The van der Waals surface area contributed by atoms with Crippen molar-refractivity contribution in [2.24, 2.45) is 0 Å². The minimum atomic E-state index is -4.25. The van der Waals surface area contributed by atoms with E-state index in [2.05, 4.69) is 4.98 Å². The second-order valence-electron chi connectivity index (χ2n) is 2.69. The summed E-state index contributed by atoms with van der Waals surface area (Å²) in [6.45, 7) is 1.02. The lowest BCUT2D eigenvalue weighted by molar-refractivity contribution is 0.144. The molecular weight excluding hydrogens is 255 g/mol. The maximum atomic E-state index is 12.9. The molecule has 1 heterocycles. The maximum absolute atomic E-state index is 12.9. The van der Waals surface area contributed by atoms with E-state index in [1.54, 1.807) is 0 Å². The van der Waals surface area contributed by atoms with Crippen molar-refractivity contribution in [3.05, 3.63) is 23.1 Å². The van der Waals surface area contributed by atoms with Gasteiger partial charge in [0, 0.05) is 10.7 Å². The number of halogens is 4. The summed E-state index contributed by atoms with van der Waals surface area (Å²) in [6.07, 6.45) is -2.71. The summed E-state index contributed by atoms with van der Waals surface area (Å²) in [7, 11) is 0.690. The third-order valence-electron chi connectivity index (χ3n) is 1.73.